The van der Waals surface area contributed by atoms with Crippen LogP contribution in [0.5, 0.6) is 11.5 Å². The molecule has 1 fully saturated rings. The van der Waals surface area contributed by atoms with Crippen LogP contribution in [0.3, 0.4) is 0 Å². The lowest BCUT2D eigenvalue weighted by Gasteiger charge is -2.27. The minimum atomic E-state index is -0.800. The average Bonchev–Trinajstić information content (AvgIpc) is 3.40. The summed E-state index contributed by atoms with van der Waals surface area (Å²) in [5.74, 6) is -0.409. The number of nitrogens with zero attached hydrogens (tertiary/aromatic N) is 1. The number of fused-ring (bicyclic) bond motifs is 1. The maximum atomic E-state index is 13.3. The molecule has 1 atom stereocenters. The molecule has 33 heavy (non-hydrogen) atoms. The van der Waals surface area contributed by atoms with Gasteiger partial charge in [-0.25, -0.2) is 0 Å². The van der Waals surface area contributed by atoms with Crippen LogP contribution in [-0.2, 0) is 16.0 Å². The number of aliphatic hydroxyl groups excluding tert-OH is 1. The van der Waals surface area contributed by atoms with Crippen LogP contribution in [0.15, 0.2) is 72.3 Å². The fraction of sp³-hybridized carbons (Fsp3) is 0.185. The van der Waals surface area contributed by atoms with Crippen molar-refractivity contribution >= 4 is 23.1 Å². The summed E-state index contributed by atoms with van der Waals surface area (Å²) in [6, 6.07) is 19.2. The number of methoxy groups -OCH3 is 1. The number of anilines is 1. The van der Waals surface area contributed by atoms with Gasteiger partial charge in [0.25, 0.3) is 11.7 Å². The van der Waals surface area contributed by atoms with Gasteiger partial charge in [-0.05, 0) is 48.4 Å². The van der Waals surface area contributed by atoms with Gasteiger partial charge >= 0.3 is 0 Å². The Morgan fingerprint density at radius 1 is 1.06 bits per heavy atom. The second-order valence-corrected chi connectivity index (χ2v) is 8.18. The van der Waals surface area contributed by atoms with E-state index in [-0.39, 0.29) is 11.3 Å². The van der Waals surface area contributed by atoms with E-state index < -0.39 is 17.7 Å². The Kier molecular flexibility index (Phi) is 5.13. The average molecular weight is 441 g/mol. The largest absolute Gasteiger partial charge is 0.507 e. The highest BCUT2D eigenvalue weighted by molar-refractivity contribution is 6.51. The molecule has 1 saturated heterocycles. The van der Waals surface area contributed by atoms with Gasteiger partial charge in [0.1, 0.15) is 17.3 Å². The van der Waals surface area contributed by atoms with E-state index in [1.54, 1.807) is 36.4 Å². The van der Waals surface area contributed by atoms with Gasteiger partial charge in [0, 0.05) is 12.0 Å². The number of benzene rings is 3. The minimum absolute atomic E-state index is 0.0513. The number of rotatable bonds is 4. The topological polar surface area (TPSA) is 76.1 Å². The van der Waals surface area contributed by atoms with Crippen molar-refractivity contribution in [1.29, 1.82) is 0 Å². The SMILES string of the molecule is COc1ccccc1N1C(=O)C(=O)/C(=C(\O)c2ccc3c(c2)CCO3)C1c1cccc(C)c1. The van der Waals surface area contributed by atoms with Crippen LogP contribution in [0.25, 0.3) is 5.76 Å². The zero-order valence-corrected chi connectivity index (χ0v) is 18.4. The van der Waals surface area contributed by atoms with Gasteiger partial charge in [-0.15, -0.1) is 0 Å². The van der Waals surface area contributed by atoms with Crippen LogP contribution >= 0.6 is 0 Å². The molecule has 3 aromatic carbocycles. The number of para-hydroxylation sites is 2. The lowest BCUT2D eigenvalue weighted by Crippen LogP contribution is -2.29. The van der Waals surface area contributed by atoms with Crippen molar-refractivity contribution < 1.29 is 24.2 Å². The van der Waals surface area contributed by atoms with Gasteiger partial charge in [-0.3, -0.25) is 14.5 Å². The van der Waals surface area contributed by atoms with E-state index in [0.717, 1.165) is 28.9 Å². The van der Waals surface area contributed by atoms with Gasteiger partial charge in [0.2, 0.25) is 0 Å². The summed E-state index contributed by atoms with van der Waals surface area (Å²) in [6.45, 7) is 2.53. The second-order valence-electron chi connectivity index (χ2n) is 8.18. The third-order valence-corrected chi connectivity index (χ3v) is 6.11. The van der Waals surface area contributed by atoms with E-state index in [0.29, 0.717) is 23.6 Å². The van der Waals surface area contributed by atoms with Crippen molar-refractivity contribution in [1.82, 2.24) is 0 Å². The number of aliphatic hydroxyl groups is 1. The molecule has 6 nitrogen and oxygen atoms in total. The first-order valence-electron chi connectivity index (χ1n) is 10.8. The molecule has 6 heteroatoms. The summed E-state index contributed by atoms with van der Waals surface area (Å²) in [7, 11) is 1.52. The van der Waals surface area contributed by atoms with Crippen molar-refractivity contribution in [3.8, 4) is 11.5 Å². The first kappa shape index (κ1) is 20.8. The van der Waals surface area contributed by atoms with Gasteiger partial charge in [-0.2, -0.15) is 0 Å². The Morgan fingerprint density at radius 2 is 1.88 bits per heavy atom. The number of ether oxygens (including phenoxy) is 2. The Bertz CT molecular complexity index is 1310. The zero-order chi connectivity index (χ0) is 23.1. The van der Waals surface area contributed by atoms with E-state index in [9.17, 15) is 14.7 Å². The lowest BCUT2D eigenvalue weighted by atomic mass is 9.93. The van der Waals surface area contributed by atoms with Crippen LogP contribution in [0.2, 0.25) is 0 Å². The molecule has 1 unspecified atom stereocenters. The predicted octanol–water partition coefficient (Wildman–Crippen LogP) is 4.56. The maximum Gasteiger partial charge on any atom is 0.300 e. The van der Waals surface area contributed by atoms with Crippen LogP contribution in [0, 0.1) is 6.92 Å². The molecule has 166 valence electrons. The molecule has 0 radical (unpaired) electrons. The molecule has 0 aromatic heterocycles. The molecule has 1 amide bonds. The highest BCUT2D eigenvalue weighted by Gasteiger charge is 2.47. The van der Waals surface area contributed by atoms with Crippen molar-refractivity contribution in [3.63, 3.8) is 0 Å². The Labute approximate surface area is 191 Å². The molecule has 5 rings (SSSR count). The molecule has 1 N–H and O–H groups in total. The van der Waals surface area contributed by atoms with E-state index in [1.165, 1.54) is 12.0 Å². The van der Waals surface area contributed by atoms with Gasteiger partial charge < -0.3 is 14.6 Å². The fourth-order valence-electron chi connectivity index (χ4n) is 4.55. The number of aryl methyl sites for hydroxylation is 1. The number of carbonyl (C=O) groups is 2. The summed E-state index contributed by atoms with van der Waals surface area (Å²) >= 11 is 0. The van der Waals surface area contributed by atoms with Gasteiger partial charge in [-0.1, -0.05) is 42.0 Å². The molecule has 2 heterocycles. The van der Waals surface area contributed by atoms with Crippen LogP contribution in [0.4, 0.5) is 5.69 Å². The van der Waals surface area contributed by atoms with Crippen molar-refractivity contribution in [2.45, 2.75) is 19.4 Å². The molecule has 0 aliphatic carbocycles. The summed E-state index contributed by atoms with van der Waals surface area (Å²) in [5.41, 5.74) is 3.67. The quantitative estimate of drug-likeness (QED) is 0.365. The molecular formula is C27H23NO5. The summed E-state index contributed by atoms with van der Waals surface area (Å²) in [4.78, 5) is 28.1. The normalized spacial score (nSPS) is 18.8. The number of carbonyl (C=O) groups excluding carboxylic acids is 2. The van der Waals surface area contributed by atoms with Crippen LogP contribution in [-0.4, -0.2) is 30.5 Å². The smallest absolute Gasteiger partial charge is 0.300 e. The Balaban J connectivity index is 1.73. The molecule has 2 aliphatic rings. The van der Waals surface area contributed by atoms with E-state index in [1.807, 2.05) is 37.3 Å². The highest BCUT2D eigenvalue weighted by Crippen LogP contribution is 2.45. The number of ketones is 1. The monoisotopic (exact) mass is 441 g/mol. The Hall–Kier alpha value is -4.06. The number of amides is 1. The van der Waals surface area contributed by atoms with E-state index in [2.05, 4.69) is 0 Å². The third-order valence-electron chi connectivity index (χ3n) is 6.11. The summed E-state index contributed by atoms with van der Waals surface area (Å²) in [5, 5.41) is 11.3. The van der Waals surface area contributed by atoms with Crippen LogP contribution in [0.1, 0.15) is 28.3 Å². The molecule has 0 saturated carbocycles. The third kappa shape index (κ3) is 3.44. The summed E-state index contributed by atoms with van der Waals surface area (Å²) in [6.07, 6.45) is 0.729. The molecule has 2 aliphatic heterocycles. The second kappa shape index (κ2) is 8.13. The molecular weight excluding hydrogens is 418 g/mol. The first-order valence-corrected chi connectivity index (χ1v) is 10.8. The van der Waals surface area contributed by atoms with Crippen molar-refractivity contribution in [2.24, 2.45) is 0 Å². The van der Waals surface area contributed by atoms with Gasteiger partial charge in [0.05, 0.1) is 31.0 Å². The zero-order valence-electron chi connectivity index (χ0n) is 18.4. The van der Waals surface area contributed by atoms with E-state index in [4.69, 9.17) is 9.47 Å². The van der Waals surface area contributed by atoms with Crippen molar-refractivity contribution in [2.75, 3.05) is 18.6 Å². The number of hydrogen-bond donors (Lipinski definition) is 1. The fourth-order valence-corrected chi connectivity index (χ4v) is 4.55. The highest BCUT2D eigenvalue weighted by atomic mass is 16.5. The molecule has 0 bridgehead atoms. The Morgan fingerprint density at radius 3 is 2.67 bits per heavy atom. The first-order chi connectivity index (χ1) is 16.0. The minimum Gasteiger partial charge on any atom is -0.507 e. The van der Waals surface area contributed by atoms with E-state index >= 15 is 0 Å². The van der Waals surface area contributed by atoms with Crippen molar-refractivity contribution in [3.05, 3.63) is 94.6 Å². The number of Topliss-reactive ketones (excluding diaryl/α,β-unsaturated/α-hetero) is 1. The maximum absolute atomic E-state index is 13.3. The number of hydrogen-bond acceptors (Lipinski definition) is 5. The van der Waals surface area contributed by atoms with Gasteiger partial charge in [0.15, 0.2) is 0 Å². The molecule has 0 spiro atoms. The van der Waals surface area contributed by atoms with Crippen LogP contribution < -0.4 is 14.4 Å². The predicted molar refractivity (Wildman–Crippen MR) is 125 cm³/mol. The lowest BCUT2D eigenvalue weighted by molar-refractivity contribution is -0.132. The standard InChI is InChI=1S/C27H23NO5/c1-16-6-5-7-18(14-16)24-23(25(29)19-10-11-21-17(15-19)12-13-33-21)26(30)27(31)28(24)20-8-3-4-9-22(20)32-2/h3-11,14-15,24,29H,12-13H2,1-2H3/b25-23-. The summed E-state index contributed by atoms with van der Waals surface area (Å²) < 4.78 is 11.0. The molecule has 3 aromatic rings.